The molecule has 2 fully saturated rings. The molecule has 1 aromatic carbocycles. The third-order valence-electron chi connectivity index (χ3n) is 5.23. The molecule has 128 valence electrons. The number of nitrogens with zero attached hydrogens (tertiary/aromatic N) is 4. The highest BCUT2D eigenvalue weighted by Gasteiger charge is 2.33. The molecule has 0 saturated carbocycles. The molecular weight excluding hydrogens is 300 g/mol. The molecule has 0 bridgehead atoms. The van der Waals surface area contributed by atoms with Crippen molar-refractivity contribution in [2.24, 2.45) is 5.92 Å². The van der Waals surface area contributed by atoms with Gasteiger partial charge >= 0.3 is 0 Å². The Balaban J connectivity index is 1.57. The second-order valence-electron chi connectivity index (χ2n) is 7.05. The molecule has 2 aliphatic rings. The van der Waals surface area contributed by atoms with Crippen LogP contribution in [0.4, 0.5) is 5.69 Å². The van der Waals surface area contributed by atoms with Gasteiger partial charge in [0.05, 0.1) is 17.6 Å². The van der Waals surface area contributed by atoms with Gasteiger partial charge in [0.2, 0.25) is 5.91 Å². The normalized spacial score (nSPS) is 22.0. The Hall–Kier alpha value is -2.06. The number of benzene rings is 1. The SMILES string of the molecule is CC(C)N1CCN(C(=O)[C@H]2CCN(c3cccc(C#N)c3)C2)CC1. The molecule has 3 rings (SSSR count). The summed E-state index contributed by atoms with van der Waals surface area (Å²) in [5.41, 5.74) is 1.72. The lowest BCUT2D eigenvalue weighted by Gasteiger charge is -2.37. The first-order chi connectivity index (χ1) is 11.6. The molecular formula is C19H26N4O. The van der Waals surface area contributed by atoms with Crippen LogP contribution in [0.3, 0.4) is 0 Å². The Kier molecular flexibility index (Phi) is 5.06. The number of nitriles is 1. The van der Waals surface area contributed by atoms with E-state index in [9.17, 15) is 4.79 Å². The highest BCUT2D eigenvalue weighted by Crippen LogP contribution is 2.26. The van der Waals surface area contributed by atoms with Crippen LogP contribution in [0.2, 0.25) is 0 Å². The van der Waals surface area contributed by atoms with Crippen LogP contribution in [0.5, 0.6) is 0 Å². The minimum Gasteiger partial charge on any atom is -0.371 e. The fourth-order valence-electron chi connectivity index (χ4n) is 3.69. The second-order valence-corrected chi connectivity index (χ2v) is 7.05. The summed E-state index contributed by atoms with van der Waals surface area (Å²) in [4.78, 5) is 19.5. The number of carbonyl (C=O) groups is 1. The molecule has 0 spiro atoms. The van der Waals surface area contributed by atoms with Gasteiger partial charge in [0.15, 0.2) is 0 Å². The van der Waals surface area contributed by atoms with E-state index >= 15 is 0 Å². The Morgan fingerprint density at radius 3 is 2.62 bits per heavy atom. The zero-order valence-electron chi connectivity index (χ0n) is 14.6. The number of amides is 1. The van der Waals surface area contributed by atoms with Crippen LogP contribution >= 0.6 is 0 Å². The molecule has 5 heteroatoms. The average molecular weight is 326 g/mol. The number of hydrogen-bond donors (Lipinski definition) is 0. The maximum absolute atomic E-state index is 12.8. The Morgan fingerprint density at radius 1 is 1.21 bits per heavy atom. The first-order valence-corrected chi connectivity index (χ1v) is 8.86. The van der Waals surface area contributed by atoms with Crippen LogP contribution in [0.25, 0.3) is 0 Å². The first kappa shape index (κ1) is 16.8. The van der Waals surface area contributed by atoms with Crippen molar-refractivity contribution in [2.75, 3.05) is 44.2 Å². The second kappa shape index (κ2) is 7.23. The van der Waals surface area contributed by atoms with Crippen molar-refractivity contribution in [1.82, 2.24) is 9.80 Å². The van der Waals surface area contributed by atoms with E-state index in [4.69, 9.17) is 5.26 Å². The summed E-state index contributed by atoms with van der Waals surface area (Å²) in [5, 5.41) is 9.04. The first-order valence-electron chi connectivity index (χ1n) is 8.86. The van der Waals surface area contributed by atoms with Crippen LogP contribution < -0.4 is 4.90 Å². The van der Waals surface area contributed by atoms with Gasteiger partial charge in [0, 0.05) is 51.0 Å². The van der Waals surface area contributed by atoms with E-state index in [0.29, 0.717) is 17.5 Å². The van der Waals surface area contributed by atoms with Gasteiger partial charge in [-0.3, -0.25) is 9.69 Å². The number of piperazine rings is 1. The average Bonchev–Trinajstić information content (AvgIpc) is 3.11. The maximum atomic E-state index is 12.8. The quantitative estimate of drug-likeness (QED) is 0.852. The Labute approximate surface area is 144 Å². The number of hydrogen-bond acceptors (Lipinski definition) is 4. The highest BCUT2D eigenvalue weighted by atomic mass is 16.2. The van der Waals surface area contributed by atoms with Gasteiger partial charge in [-0.1, -0.05) is 6.07 Å². The molecule has 0 N–H and O–H groups in total. The zero-order chi connectivity index (χ0) is 17.1. The van der Waals surface area contributed by atoms with E-state index in [1.165, 1.54) is 0 Å². The summed E-state index contributed by atoms with van der Waals surface area (Å²) in [5.74, 6) is 0.388. The molecule has 1 amide bonds. The summed E-state index contributed by atoms with van der Waals surface area (Å²) >= 11 is 0. The van der Waals surface area contributed by atoms with Crippen molar-refractivity contribution in [3.63, 3.8) is 0 Å². The number of rotatable bonds is 3. The van der Waals surface area contributed by atoms with Crippen molar-refractivity contribution in [3.8, 4) is 6.07 Å². The fourth-order valence-corrected chi connectivity index (χ4v) is 3.69. The molecule has 1 atom stereocenters. The van der Waals surface area contributed by atoms with Crippen LogP contribution in [0, 0.1) is 17.2 Å². The van der Waals surface area contributed by atoms with Crippen molar-refractivity contribution in [1.29, 1.82) is 5.26 Å². The summed E-state index contributed by atoms with van der Waals surface area (Å²) in [7, 11) is 0. The summed E-state index contributed by atoms with van der Waals surface area (Å²) in [6, 6.07) is 10.4. The smallest absolute Gasteiger partial charge is 0.227 e. The summed E-state index contributed by atoms with van der Waals surface area (Å²) in [6.07, 6.45) is 0.903. The number of carbonyl (C=O) groups excluding carboxylic acids is 1. The maximum Gasteiger partial charge on any atom is 0.227 e. The van der Waals surface area contributed by atoms with Crippen molar-refractivity contribution >= 4 is 11.6 Å². The molecule has 5 nitrogen and oxygen atoms in total. The van der Waals surface area contributed by atoms with Gasteiger partial charge < -0.3 is 9.80 Å². The van der Waals surface area contributed by atoms with Gasteiger partial charge in [0.1, 0.15) is 0 Å². The topological polar surface area (TPSA) is 50.6 Å². The van der Waals surface area contributed by atoms with Gasteiger partial charge in [-0.15, -0.1) is 0 Å². The van der Waals surface area contributed by atoms with Crippen molar-refractivity contribution in [3.05, 3.63) is 29.8 Å². The Morgan fingerprint density at radius 2 is 1.96 bits per heavy atom. The molecule has 2 heterocycles. The third-order valence-corrected chi connectivity index (χ3v) is 5.23. The third kappa shape index (κ3) is 3.54. The van der Waals surface area contributed by atoms with Crippen LogP contribution in [-0.2, 0) is 4.79 Å². The molecule has 24 heavy (non-hydrogen) atoms. The lowest BCUT2D eigenvalue weighted by atomic mass is 10.1. The van der Waals surface area contributed by atoms with E-state index in [2.05, 4.69) is 29.7 Å². The van der Waals surface area contributed by atoms with E-state index in [1.807, 2.05) is 29.2 Å². The molecule has 1 aromatic rings. The van der Waals surface area contributed by atoms with Gasteiger partial charge in [-0.2, -0.15) is 5.26 Å². The van der Waals surface area contributed by atoms with E-state index in [0.717, 1.165) is 51.4 Å². The highest BCUT2D eigenvalue weighted by molar-refractivity contribution is 5.80. The predicted octanol–water partition coefficient (Wildman–Crippen LogP) is 1.94. The zero-order valence-corrected chi connectivity index (χ0v) is 14.6. The molecule has 0 aromatic heterocycles. The van der Waals surface area contributed by atoms with E-state index in [1.54, 1.807) is 0 Å². The molecule has 0 aliphatic carbocycles. The van der Waals surface area contributed by atoms with E-state index < -0.39 is 0 Å². The fraction of sp³-hybridized carbons (Fsp3) is 0.579. The minimum absolute atomic E-state index is 0.0846. The monoisotopic (exact) mass is 326 g/mol. The summed E-state index contributed by atoms with van der Waals surface area (Å²) in [6.45, 7) is 9.71. The lowest BCUT2D eigenvalue weighted by Crippen LogP contribution is -2.52. The predicted molar refractivity (Wildman–Crippen MR) is 94.8 cm³/mol. The molecule has 0 radical (unpaired) electrons. The number of anilines is 1. The van der Waals surface area contributed by atoms with E-state index in [-0.39, 0.29) is 5.92 Å². The molecule has 0 unspecified atom stereocenters. The van der Waals surface area contributed by atoms with Crippen molar-refractivity contribution in [2.45, 2.75) is 26.3 Å². The van der Waals surface area contributed by atoms with Gasteiger partial charge in [-0.05, 0) is 38.5 Å². The van der Waals surface area contributed by atoms with Crippen LogP contribution in [0.1, 0.15) is 25.8 Å². The minimum atomic E-state index is 0.0846. The van der Waals surface area contributed by atoms with Crippen LogP contribution in [-0.4, -0.2) is 61.0 Å². The largest absolute Gasteiger partial charge is 0.371 e. The lowest BCUT2D eigenvalue weighted by molar-refractivity contribution is -0.136. The van der Waals surface area contributed by atoms with Gasteiger partial charge in [0.25, 0.3) is 0 Å². The Bertz CT molecular complexity index is 628. The van der Waals surface area contributed by atoms with Crippen molar-refractivity contribution < 1.29 is 4.79 Å². The van der Waals surface area contributed by atoms with Crippen LogP contribution in [0.15, 0.2) is 24.3 Å². The summed E-state index contributed by atoms with van der Waals surface area (Å²) < 4.78 is 0. The molecule has 2 aliphatic heterocycles. The standard InChI is InChI=1S/C19H26N4O/c1-15(2)21-8-10-22(11-9-21)19(24)17-6-7-23(14-17)18-5-3-4-16(12-18)13-20/h3-5,12,15,17H,6-11,14H2,1-2H3/t17-/m0/s1. The van der Waals surface area contributed by atoms with Gasteiger partial charge in [-0.25, -0.2) is 0 Å². The molecule has 2 saturated heterocycles.